The van der Waals surface area contributed by atoms with Crippen molar-refractivity contribution in [2.75, 3.05) is 32.6 Å². The van der Waals surface area contributed by atoms with Crippen molar-refractivity contribution in [3.05, 3.63) is 21.2 Å². The van der Waals surface area contributed by atoms with Gasteiger partial charge < -0.3 is 15.0 Å². The molecule has 1 amide bonds. The van der Waals surface area contributed by atoms with Crippen LogP contribution in [0, 0.1) is 17.0 Å². The van der Waals surface area contributed by atoms with Gasteiger partial charge in [-0.25, -0.2) is 4.98 Å². The number of fused-ring (bicyclic) bond motifs is 1. The summed E-state index contributed by atoms with van der Waals surface area (Å²) in [6.45, 7) is 4.14. The van der Waals surface area contributed by atoms with E-state index >= 15 is 0 Å². The lowest BCUT2D eigenvalue weighted by Crippen LogP contribution is -2.20. The van der Waals surface area contributed by atoms with Crippen LogP contribution in [0.25, 0.3) is 10.2 Å². The lowest BCUT2D eigenvalue weighted by molar-refractivity contribution is -0.383. The molecule has 0 aliphatic carbocycles. The fraction of sp³-hybridized carbons (Fsp3) is 0.429. The van der Waals surface area contributed by atoms with Gasteiger partial charge in [0.1, 0.15) is 12.3 Å². The molecule has 0 saturated carbocycles. The van der Waals surface area contributed by atoms with Gasteiger partial charge in [-0.1, -0.05) is 0 Å². The van der Waals surface area contributed by atoms with E-state index in [1.165, 1.54) is 24.3 Å². The van der Waals surface area contributed by atoms with Crippen LogP contribution in [-0.2, 0) is 4.79 Å². The summed E-state index contributed by atoms with van der Waals surface area (Å²) >= 11 is 1.29. The molecule has 124 valence electrons. The highest BCUT2D eigenvalue weighted by Gasteiger charge is 2.24. The Morgan fingerprint density at radius 1 is 1.52 bits per heavy atom. The van der Waals surface area contributed by atoms with E-state index in [1.54, 1.807) is 6.92 Å². The average molecular weight is 338 g/mol. The van der Waals surface area contributed by atoms with Crippen LogP contribution in [0.3, 0.4) is 0 Å². The third-order valence-electron chi connectivity index (χ3n) is 3.01. The monoisotopic (exact) mass is 338 g/mol. The van der Waals surface area contributed by atoms with Gasteiger partial charge in [-0.15, -0.1) is 11.3 Å². The topological polar surface area (TPSA) is 97.6 Å². The zero-order valence-electron chi connectivity index (χ0n) is 13.4. The van der Waals surface area contributed by atoms with Crippen molar-refractivity contribution < 1.29 is 14.5 Å². The summed E-state index contributed by atoms with van der Waals surface area (Å²) in [5, 5.41) is 14.7. The predicted molar refractivity (Wildman–Crippen MR) is 89.4 cm³/mol. The van der Waals surface area contributed by atoms with Gasteiger partial charge in [0.15, 0.2) is 11.3 Å². The summed E-state index contributed by atoms with van der Waals surface area (Å²) in [5.41, 5.74) is 0.571. The molecule has 23 heavy (non-hydrogen) atoms. The smallest absolute Gasteiger partial charge is 0.300 e. The van der Waals surface area contributed by atoms with Crippen molar-refractivity contribution >= 4 is 38.8 Å². The van der Waals surface area contributed by atoms with Crippen LogP contribution in [0.2, 0.25) is 0 Å². The Hall–Kier alpha value is -2.26. The fourth-order valence-electron chi connectivity index (χ4n) is 2.03. The molecule has 2 aromatic rings. The molecule has 0 radical (unpaired) electrons. The number of nitro groups is 1. The second-order valence-electron chi connectivity index (χ2n) is 5.27. The molecule has 8 nitrogen and oxygen atoms in total. The highest BCUT2D eigenvalue weighted by Crippen LogP contribution is 2.42. The molecule has 0 spiro atoms. The van der Waals surface area contributed by atoms with Gasteiger partial charge in [-0.2, -0.15) is 0 Å². The number of nitrogens with zero attached hydrogens (tertiary/aromatic N) is 3. The largest absolute Gasteiger partial charge is 0.490 e. The van der Waals surface area contributed by atoms with Gasteiger partial charge in [-0.3, -0.25) is 14.9 Å². The van der Waals surface area contributed by atoms with Gasteiger partial charge >= 0.3 is 0 Å². The number of carbonyl (C=O) groups excluding carboxylic acids is 1. The molecule has 1 aromatic heterocycles. The molecule has 0 bridgehead atoms. The molecule has 0 atom stereocenters. The maximum atomic E-state index is 11.5. The number of ether oxygens (including phenoxy) is 1. The normalized spacial score (nSPS) is 11.0. The molecule has 1 aromatic carbocycles. The van der Waals surface area contributed by atoms with Crippen LogP contribution in [-0.4, -0.2) is 48.0 Å². The minimum atomic E-state index is -0.488. The summed E-state index contributed by atoms with van der Waals surface area (Å²) in [7, 11) is 3.80. The van der Waals surface area contributed by atoms with E-state index in [0.29, 0.717) is 28.5 Å². The molecular formula is C14H18N4O4S. The first-order valence-corrected chi connectivity index (χ1v) is 7.75. The number of non-ortho nitro benzene ring substituents is 1. The van der Waals surface area contributed by atoms with Gasteiger partial charge in [0, 0.05) is 13.5 Å². The minimum absolute atomic E-state index is 0.127. The standard InChI is InChI=1S/C14H18N4O4S/c1-8(19)15-13-11(22-6-5-17(3)4)7-10(18(20)21)12-14(13)23-9(2)16-12/h7H,5-6H2,1-4H3,(H,15,19). The van der Waals surface area contributed by atoms with E-state index in [2.05, 4.69) is 10.3 Å². The van der Waals surface area contributed by atoms with E-state index in [4.69, 9.17) is 4.74 Å². The van der Waals surface area contributed by atoms with Crippen molar-refractivity contribution in [3.8, 4) is 5.75 Å². The fourth-order valence-corrected chi connectivity index (χ4v) is 2.97. The SMILES string of the molecule is CC(=O)Nc1c(OCCN(C)C)cc([N+](=O)[O-])c2nc(C)sc12. The number of hydrogen-bond acceptors (Lipinski definition) is 7. The van der Waals surface area contributed by atoms with Crippen LogP contribution in [0.5, 0.6) is 5.75 Å². The van der Waals surface area contributed by atoms with E-state index in [1.807, 2.05) is 19.0 Å². The maximum Gasteiger partial charge on any atom is 0.300 e. The molecule has 1 heterocycles. The number of thiazole rings is 1. The van der Waals surface area contributed by atoms with Gasteiger partial charge in [0.25, 0.3) is 5.69 Å². The quantitative estimate of drug-likeness (QED) is 0.641. The number of benzene rings is 1. The number of likely N-dealkylation sites (N-methyl/N-ethyl adjacent to an activating group) is 1. The number of amides is 1. The van der Waals surface area contributed by atoms with Crippen molar-refractivity contribution in [1.82, 2.24) is 9.88 Å². The third kappa shape index (κ3) is 3.93. The lowest BCUT2D eigenvalue weighted by Gasteiger charge is -2.14. The van der Waals surface area contributed by atoms with E-state index in [9.17, 15) is 14.9 Å². The van der Waals surface area contributed by atoms with Gasteiger partial charge in [0.2, 0.25) is 5.91 Å². The van der Waals surface area contributed by atoms with E-state index in [-0.39, 0.29) is 22.9 Å². The van der Waals surface area contributed by atoms with Crippen LogP contribution in [0.1, 0.15) is 11.9 Å². The summed E-state index contributed by atoms with van der Waals surface area (Å²) in [5.74, 6) is 0.00793. The summed E-state index contributed by atoms with van der Waals surface area (Å²) in [6.07, 6.45) is 0. The Kier molecular flexibility index (Phi) is 5.12. The van der Waals surface area contributed by atoms with Crippen molar-refractivity contribution in [2.45, 2.75) is 13.8 Å². The first kappa shape index (κ1) is 17.1. The Labute approximate surface area is 137 Å². The number of rotatable bonds is 6. The maximum absolute atomic E-state index is 11.5. The molecule has 2 rings (SSSR count). The molecule has 0 unspecified atom stereocenters. The Morgan fingerprint density at radius 3 is 2.78 bits per heavy atom. The van der Waals surface area contributed by atoms with Crippen LogP contribution in [0.4, 0.5) is 11.4 Å². The van der Waals surface area contributed by atoms with Gasteiger partial charge in [0.05, 0.1) is 20.7 Å². The van der Waals surface area contributed by atoms with Crippen LogP contribution >= 0.6 is 11.3 Å². The van der Waals surface area contributed by atoms with E-state index < -0.39 is 4.92 Å². The first-order valence-electron chi connectivity index (χ1n) is 6.93. The number of hydrogen-bond donors (Lipinski definition) is 1. The number of nitro benzene ring substituents is 1. The lowest BCUT2D eigenvalue weighted by atomic mass is 10.2. The van der Waals surface area contributed by atoms with Gasteiger partial charge in [-0.05, 0) is 21.0 Å². The molecule has 1 N–H and O–H groups in total. The Bertz CT molecular complexity index is 757. The number of aryl methyl sites for hydroxylation is 1. The third-order valence-corrected chi connectivity index (χ3v) is 4.00. The Morgan fingerprint density at radius 2 is 2.22 bits per heavy atom. The van der Waals surface area contributed by atoms with E-state index in [0.717, 1.165) is 0 Å². The molecular weight excluding hydrogens is 320 g/mol. The van der Waals surface area contributed by atoms with Crippen LogP contribution in [0.15, 0.2) is 6.07 Å². The summed E-state index contributed by atoms with van der Waals surface area (Å²) < 4.78 is 6.22. The number of aromatic nitrogens is 1. The molecule has 0 aliphatic heterocycles. The second kappa shape index (κ2) is 6.88. The number of nitrogens with one attached hydrogen (secondary N) is 1. The van der Waals surface area contributed by atoms with Crippen molar-refractivity contribution in [1.29, 1.82) is 0 Å². The Balaban J connectivity index is 2.56. The molecule has 0 saturated heterocycles. The first-order chi connectivity index (χ1) is 10.8. The highest BCUT2D eigenvalue weighted by molar-refractivity contribution is 7.19. The molecule has 0 aliphatic rings. The van der Waals surface area contributed by atoms with Crippen molar-refractivity contribution in [2.24, 2.45) is 0 Å². The predicted octanol–water partition coefficient (Wildman–Crippen LogP) is 2.41. The minimum Gasteiger partial charge on any atom is -0.490 e. The zero-order chi connectivity index (χ0) is 17.1. The summed E-state index contributed by atoms with van der Waals surface area (Å²) in [6, 6.07) is 1.32. The summed E-state index contributed by atoms with van der Waals surface area (Å²) in [4.78, 5) is 28.5. The number of carbonyl (C=O) groups is 1. The van der Waals surface area contributed by atoms with Crippen LogP contribution < -0.4 is 10.1 Å². The number of anilines is 1. The van der Waals surface area contributed by atoms with Crippen molar-refractivity contribution in [3.63, 3.8) is 0 Å². The molecule has 0 fully saturated rings. The molecule has 9 heteroatoms. The zero-order valence-corrected chi connectivity index (χ0v) is 14.2. The second-order valence-corrected chi connectivity index (χ2v) is 6.47. The highest BCUT2D eigenvalue weighted by atomic mass is 32.1. The average Bonchev–Trinajstić information content (AvgIpc) is 2.81.